The lowest BCUT2D eigenvalue weighted by atomic mass is 10.2. The average molecular weight is 300 g/mol. The van der Waals surface area contributed by atoms with Crippen molar-refractivity contribution in [3.05, 3.63) is 52.9 Å². The van der Waals surface area contributed by atoms with E-state index < -0.39 is 0 Å². The lowest BCUT2D eigenvalue weighted by Gasteiger charge is -2.02. The maximum atomic E-state index is 12.1. The number of aryl methyl sites for hydroxylation is 3. The number of furan rings is 1. The topological polar surface area (TPSA) is 86.1 Å². The van der Waals surface area contributed by atoms with E-state index in [1.165, 1.54) is 6.26 Å². The summed E-state index contributed by atoms with van der Waals surface area (Å²) in [7, 11) is 0. The minimum atomic E-state index is -0.242. The van der Waals surface area contributed by atoms with Crippen molar-refractivity contribution in [2.45, 2.75) is 27.3 Å². The van der Waals surface area contributed by atoms with Crippen molar-refractivity contribution >= 4 is 11.7 Å². The van der Waals surface area contributed by atoms with Crippen LogP contribution in [-0.4, -0.2) is 20.8 Å². The summed E-state index contributed by atoms with van der Waals surface area (Å²) in [6.07, 6.45) is 3.28. The molecule has 114 valence electrons. The van der Waals surface area contributed by atoms with Crippen molar-refractivity contribution in [2.75, 3.05) is 5.32 Å². The van der Waals surface area contributed by atoms with Crippen molar-refractivity contribution in [3.63, 3.8) is 0 Å². The fourth-order valence-electron chi connectivity index (χ4n) is 2.21. The van der Waals surface area contributed by atoms with Gasteiger partial charge in [0.2, 0.25) is 0 Å². The number of carbonyl (C=O) groups is 1. The standard InChI is InChI=1S/C15H16N4O3/c1-9-13(11(3)22-18-9)8-19-6-4-14(17-19)16-15(20)12-5-7-21-10(12)2/h4-7H,8H2,1-3H3,(H,16,17,20). The lowest BCUT2D eigenvalue weighted by molar-refractivity contribution is 0.102. The molecule has 1 amide bonds. The molecule has 0 bridgehead atoms. The van der Waals surface area contributed by atoms with Crippen molar-refractivity contribution in [2.24, 2.45) is 0 Å². The first-order valence-electron chi connectivity index (χ1n) is 6.85. The third kappa shape index (κ3) is 2.65. The Labute approximate surface area is 126 Å². The Morgan fingerprint density at radius 3 is 2.73 bits per heavy atom. The molecule has 0 unspecified atom stereocenters. The monoisotopic (exact) mass is 300 g/mol. The van der Waals surface area contributed by atoms with Crippen LogP contribution >= 0.6 is 0 Å². The zero-order valence-corrected chi connectivity index (χ0v) is 12.6. The van der Waals surface area contributed by atoms with Crippen LogP contribution in [0.15, 0.2) is 33.5 Å². The molecular weight excluding hydrogens is 284 g/mol. The maximum absolute atomic E-state index is 12.1. The van der Waals surface area contributed by atoms with E-state index in [2.05, 4.69) is 15.6 Å². The van der Waals surface area contributed by atoms with E-state index in [1.54, 1.807) is 29.9 Å². The predicted molar refractivity (Wildman–Crippen MR) is 78.7 cm³/mol. The molecule has 0 aliphatic carbocycles. The van der Waals surface area contributed by atoms with E-state index in [1.807, 2.05) is 13.8 Å². The van der Waals surface area contributed by atoms with Crippen LogP contribution in [0.5, 0.6) is 0 Å². The fraction of sp³-hybridized carbons (Fsp3) is 0.267. The Hall–Kier alpha value is -2.83. The van der Waals surface area contributed by atoms with Gasteiger partial charge in [-0.05, 0) is 26.8 Å². The Morgan fingerprint density at radius 2 is 2.09 bits per heavy atom. The van der Waals surface area contributed by atoms with Gasteiger partial charge in [0, 0.05) is 17.8 Å². The van der Waals surface area contributed by atoms with Gasteiger partial charge >= 0.3 is 0 Å². The highest BCUT2D eigenvalue weighted by Crippen LogP contribution is 2.15. The molecule has 0 saturated carbocycles. The predicted octanol–water partition coefficient (Wildman–Crippen LogP) is 2.69. The maximum Gasteiger partial charge on any atom is 0.260 e. The Balaban J connectivity index is 1.72. The summed E-state index contributed by atoms with van der Waals surface area (Å²) in [5, 5.41) is 11.0. The molecule has 0 aliphatic heterocycles. The zero-order chi connectivity index (χ0) is 15.7. The molecule has 0 atom stereocenters. The van der Waals surface area contributed by atoms with Gasteiger partial charge in [-0.1, -0.05) is 5.16 Å². The molecule has 3 heterocycles. The summed E-state index contributed by atoms with van der Waals surface area (Å²) in [5.41, 5.74) is 2.33. The van der Waals surface area contributed by atoms with Crippen LogP contribution in [0.25, 0.3) is 0 Å². The molecule has 0 aliphatic rings. The molecule has 0 radical (unpaired) electrons. The number of aromatic nitrogens is 3. The van der Waals surface area contributed by atoms with E-state index >= 15 is 0 Å². The van der Waals surface area contributed by atoms with E-state index in [-0.39, 0.29) is 5.91 Å². The summed E-state index contributed by atoms with van der Waals surface area (Å²) in [5.74, 6) is 1.59. The van der Waals surface area contributed by atoms with Crippen LogP contribution in [0.4, 0.5) is 5.82 Å². The number of nitrogens with zero attached hydrogens (tertiary/aromatic N) is 3. The Kier molecular flexibility index (Phi) is 3.54. The van der Waals surface area contributed by atoms with E-state index in [0.717, 1.165) is 17.0 Å². The van der Waals surface area contributed by atoms with Gasteiger partial charge in [0.25, 0.3) is 5.91 Å². The van der Waals surface area contributed by atoms with E-state index in [4.69, 9.17) is 8.94 Å². The van der Waals surface area contributed by atoms with Gasteiger partial charge in [0.05, 0.1) is 24.1 Å². The number of anilines is 1. The SMILES string of the molecule is Cc1noc(C)c1Cn1ccc(NC(=O)c2ccoc2C)n1. The summed E-state index contributed by atoms with van der Waals surface area (Å²) in [6, 6.07) is 3.37. The highest BCUT2D eigenvalue weighted by Gasteiger charge is 2.14. The van der Waals surface area contributed by atoms with Crippen molar-refractivity contribution in [3.8, 4) is 0 Å². The molecule has 1 N–H and O–H groups in total. The van der Waals surface area contributed by atoms with Crippen molar-refractivity contribution in [1.82, 2.24) is 14.9 Å². The van der Waals surface area contributed by atoms with Gasteiger partial charge < -0.3 is 14.3 Å². The van der Waals surface area contributed by atoms with Gasteiger partial charge in [-0.2, -0.15) is 5.10 Å². The third-order valence-corrected chi connectivity index (χ3v) is 3.49. The quantitative estimate of drug-likeness (QED) is 0.800. The minimum absolute atomic E-state index is 0.242. The number of hydrogen-bond donors (Lipinski definition) is 1. The fourth-order valence-corrected chi connectivity index (χ4v) is 2.21. The average Bonchev–Trinajstić information content (AvgIpc) is 3.17. The van der Waals surface area contributed by atoms with Crippen LogP contribution in [-0.2, 0) is 6.54 Å². The van der Waals surface area contributed by atoms with Gasteiger partial charge in [-0.25, -0.2) is 0 Å². The molecule has 3 aromatic heterocycles. The van der Waals surface area contributed by atoms with Gasteiger partial charge in [-0.3, -0.25) is 9.48 Å². The summed E-state index contributed by atoms with van der Waals surface area (Å²) < 4.78 is 12.0. The number of rotatable bonds is 4. The number of amides is 1. The number of carbonyl (C=O) groups excluding carboxylic acids is 1. The van der Waals surface area contributed by atoms with Gasteiger partial charge in [-0.15, -0.1) is 0 Å². The first kappa shape index (κ1) is 14.1. The van der Waals surface area contributed by atoms with Crippen LogP contribution in [0, 0.1) is 20.8 Å². The second-order valence-corrected chi connectivity index (χ2v) is 5.05. The number of hydrogen-bond acceptors (Lipinski definition) is 5. The second kappa shape index (κ2) is 5.51. The highest BCUT2D eigenvalue weighted by atomic mass is 16.5. The van der Waals surface area contributed by atoms with Gasteiger partial charge in [0.15, 0.2) is 5.82 Å². The first-order chi connectivity index (χ1) is 10.5. The van der Waals surface area contributed by atoms with Crippen LogP contribution in [0.1, 0.15) is 33.1 Å². The molecular formula is C15H16N4O3. The molecule has 0 spiro atoms. The molecule has 0 saturated heterocycles. The lowest BCUT2D eigenvalue weighted by Crippen LogP contribution is -2.13. The molecule has 22 heavy (non-hydrogen) atoms. The molecule has 0 fully saturated rings. The summed E-state index contributed by atoms with van der Waals surface area (Å²) >= 11 is 0. The van der Waals surface area contributed by atoms with Crippen LogP contribution in [0.2, 0.25) is 0 Å². The summed E-state index contributed by atoms with van der Waals surface area (Å²) in [6.45, 7) is 6.04. The van der Waals surface area contributed by atoms with Crippen molar-refractivity contribution in [1.29, 1.82) is 0 Å². The molecule has 7 nitrogen and oxygen atoms in total. The first-order valence-corrected chi connectivity index (χ1v) is 6.85. The smallest absolute Gasteiger partial charge is 0.260 e. The largest absolute Gasteiger partial charge is 0.469 e. The Bertz CT molecular complexity index is 793. The number of nitrogens with one attached hydrogen (secondary N) is 1. The minimum Gasteiger partial charge on any atom is -0.469 e. The molecule has 7 heteroatoms. The summed E-state index contributed by atoms with van der Waals surface area (Å²) in [4.78, 5) is 12.1. The van der Waals surface area contributed by atoms with Crippen LogP contribution < -0.4 is 5.32 Å². The molecule has 3 aromatic rings. The van der Waals surface area contributed by atoms with E-state index in [0.29, 0.717) is 23.7 Å². The Morgan fingerprint density at radius 1 is 1.27 bits per heavy atom. The second-order valence-electron chi connectivity index (χ2n) is 5.05. The highest BCUT2D eigenvalue weighted by molar-refractivity contribution is 6.04. The van der Waals surface area contributed by atoms with Crippen molar-refractivity contribution < 1.29 is 13.7 Å². The van der Waals surface area contributed by atoms with E-state index in [9.17, 15) is 4.79 Å². The van der Waals surface area contributed by atoms with Crippen LogP contribution in [0.3, 0.4) is 0 Å². The molecule has 3 rings (SSSR count). The molecule has 0 aromatic carbocycles. The third-order valence-electron chi connectivity index (χ3n) is 3.49. The normalized spacial score (nSPS) is 10.9. The van der Waals surface area contributed by atoms with Gasteiger partial charge in [0.1, 0.15) is 11.5 Å². The zero-order valence-electron chi connectivity index (χ0n) is 12.6.